The van der Waals surface area contributed by atoms with Crippen LogP contribution in [0, 0.1) is 5.92 Å². The van der Waals surface area contributed by atoms with Gasteiger partial charge in [-0.1, -0.05) is 162 Å². The van der Waals surface area contributed by atoms with Gasteiger partial charge in [0, 0.05) is 6.42 Å². The molecule has 0 saturated heterocycles. The predicted octanol–water partition coefficient (Wildman–Crippen LogP) is 12.0. The summed E-state index contributed by atoms with van der Waals surface area (Å²) < 4.78 is 11.9. The zero-order valence-corrected chi connectivity index (χ0v) is 31.2. The van der Waals surface area contributed by atoms with E-state index >= 15 is 0 Å². The normalized spacial score (nSPS) is 12.2. The molecule has 0 rings (SSSR count). The van der Waals surface area contributed by atoms with Crippen LogP contribution in [0.2, 0.25) is 0 Å². The van der Waals surface area contributed by atoms with Crippen molar-refractivity contribution in [3.63, 3.8) is 0 Å². The zero-order valence-electron chi connectivity index (χ0n) is 31.2. The lowest BCUT2D eigenvalue weighted by Gasteiger charge is -2.21. The lowest BCUT2D eigenvalue weighted by Crippen LogP contribution is -2.28. The third-order valence-corrected chi connectivity index (χ3v) is 9.22. The van der Waals surface area contributed by atoms with Crippen LogP contribution in [0.15, 0.2) is 0 Å². The molecule has 1 unspecified atom stereocenters. The maximum absolute atomic E-state index is 13.4. The Hall–Kier alpha value is -1.10. The summed E-state index contributed by atoms with van der Waals surface area (Å²) in [5.41, 5.74) is 0. The number of hydrogen-bond donors (Lipinski definition) is 0. The van der Waals surface area contributed by atoms with Crippen LogP contribution in [0.5, 0.6) is 0 Å². The Morgan fingerprint density at radius 2 is 0.911 bits per heavy atom. The van der Waals surface area contributed by atoms with E-state index in [1.807, 2.05) is 0 Å². The molecule has 0 radical (unpaired) electrons. The minimum absolute atomic E-state index is 0.0209. The van der Waals surface area contributed by atoms with E-state index in [0.717, 1.165) is 70.8 Å². The molecule has 0 aromatic carbocycles. The molecule has 0 spiro atoms. The molecular formula is C40H79NO4. The van der Waals surface area contributed by atoms with Gasteiger partial charge in [0.15, 0.2) is 0 Å². The largest absolute Gasteiger partial charge is 0.462 e. The first kappa shape index (κ1) is 43.9. The monoisotopic (exact) mass is 638 g/mol. The van der Waals surface area contributed by atoms with Gasteiger partial charge in [0.2, 0.25) is 0 Å². The van der Waals surface area contributed by atoms with E-state index in [1.54, 1.807) is 0 Å². The van der Waals surface area contributed by atoms with Crippen LogP contribution in [0.25, 0.3) is 0 Å². The van der Waals surface area contributed by atoms with Crippen LogP contribution >= 0.6 is 0 Å². The molecular weight excluding hydrogens is 558 g/mol. The van der Waals surface area contributed by atoms with Crippen LogP contribution < -0.4 is 0 Å². The fraction of sp³-hybridized carbons (Fsp3) is 0.950. The molecule has 0 aromatic heterocycles. The summed E-state index contributed by atoms with van der Waals surface area (Å²) in [5, 5.41) is 0. The molecule has 0 fully saturated rings. The van der Waals surface area contributed by atoms with Crippen molar-refractivity contribution in [2.75, 3.05) is 27.2 Å². The van der Waals surface area contributed by atoms with Crippen molar-refractivity contribution < 1.29 is 19.1 Å². The van der Waals surface area contributed by atoms with E-state index in [9.17, 15) is 9.59 Å². The second kappa shape index (κ2) is 34.2. The van der Waals surface area contributed by atoms with Crippen molar-refractivity contribution >= 4 is 11.9 Å². The number of unbranched alkanes of at least 4 members (excludes halogenated alkanes) is 21. The Kier molecular flexibility index (Phi) is 33.4. The molecule has 5 nitrogen and oxygen atoms in total. The number of ether oxygens (including phenoxy) is 2. The topological polar surface area (TPSA) is 55.8 Å². The molecule has 0 saturated carbocycles. The Morgan fingerprint density at radius 3 is 1.36 bits per heavy atom. The quantitative estimate of drug-likeness (QED) is 0.0511. The van der Waals surface area contributed by atoms with Gasteiger partial charge in [-0.25, -0.2) is 0 Å². The highest BCUT2D eigenvalue weighted by atomic mass is 16.6. The Labute approximate surface area is 281 Å². The summed E-state index contributed by atoms with van der Waals surface area (Å²) in [4.78, 5) is 28.3. The molecule has 0 N–H and O–H groups in total. The number of hydrogen-bond acceptors (Lipinski definition) is 5. The predicted molar refractivity (Wildman–Crippen MR) is 194 cm³/mol. The summed E-state index contributed by atoms with van der Waals surface area (Å²) in [6, 6.07) is 0. The minimum atomic E-state index is -0.318. The molecule has 45 heavy (non-hydrogen) atoms. The number of carbonyl (C=O) groups is 2. The second-order valence-electron chi connectivity index (χ2n) is 14.1. The van der Waals surface area contributed by atoms with Crippen LogP contribution in [0.4, 0.5) is 0 Å². The average Bonchev–Trinajstić information content (AvgIpc) is 3.02. The maximum Gasteiger partial charge on any atom is 0.309 e. The van der Waals surface area contributed by atoms with Crippen molar-refractivity contribution in [2.45, 2.75) is 213 Å². The molecule has 0 aromatic rings. The van der Waals surface area contributed by atoms with E-state index in [1.165, 1.54) is 116 Å². The smallest absolute Gasteiger partial charge is 0.309 e. The van der Waals surface area contributed by atoms with Gasteiger partial charge in [-0.05, 0) is 59.2 Å². The molecule has 268 valence electrons. The Morgan fingerprint density at radius 1 is 0.511 bits per heavy atom. The lowest BCUT2D eigenvalue weighted by molar-refractivity contribution is -0.162. The van der Waals surface area contributed by atoms with Crippen LogP contribution in [0.3, 0.4) is 0 Å². The van der Waals surface area contributed by atoms with Crippen molar-refractivity contribution in [3.05, 3.63) is 0 Å². The summed E-state index contributed by atoms with van der Waals surface area (Å²) >= 11 is 0. The van der Waals surface area contributed by atoms with E-state index in [2.05, 4.69) is 39.8 Å². The van der Waals surface area contributed by atoms with Crippen molar-refractivity contribution in [2.24, 2.45) is 5.92 Å². The van der Waals surface area contributed by atoms with Gasteiger partial charge < -0.3 is 14.4 Å². The second-order valence-corrected chi connectivity index (χ2v) is 14.1. The van der Waals surface area contributed by atoms with E-state index in [-0.39, 0.29) is 30.6 Å². The number of rotatable bonds is 35. The number of nitrogens with zero attached hydrogens (tertiary/aromatic N) is 1. The van der Waals surface area contributed by atoms with Gasteiger partial charge in [-0.2, -0.15) is 0 Å². The summed E-state index contributed by atoms with van der Waals surface area (Å²) in [5.74, 6) is -0.219. The molecule has 1 atom stereocenters. The van der Waals surface area contributed by atoms with Gasteiger partial charge in [0.05, 0.1) is 5.92 Å². The summed E-state index contributed by atoms with van der Waals surface area (Å²) in [6.07, 6.45) is 33.3. The third-order valence-electron chi connectivity index (χ3n) is 9.22. The van der Waals surface area contributed by atoms with Gasteiger partial charge in [-0.3, -0.25) is 9.59 Å². The van der Waals surface area contributed by atoms with E-state index in [4.69, 9.17) is 9.47 Å². The first-order chi connectivity index (χ1) is 21.9. The fourth-order valence-corrected chi connectivity index (χ4v) is 6.17. The molecule has 0 heterocycles. The highest BCUT2D eigenvalue weighted by Crippen LogP contribution is 2.22. The highest BCUT2D eigenvalue weighted by Gasteiger charge is 2.22. The summed E-state index contributed by atoms with van der Waals surface area (Å²) in [6.45, 7) is 8.03. The first-order valence-corrected chi connectivity index (χ1v) is 19.9. The van der Waals surface area contributed by atoms with Crippen LogP contribution in [-0.2, 0) is 19.1 Å². The molecule has 5 heteroatoms. The van der Waals surface area contributed by atoms with Crippen LogP contribution in [-0.4, -0.2) is 50.2 Å². The number of carbonyl (C=O) groups excluding carboxylic acids is 2. The van der Waals surface area contributed by atoms with E-state index < -0.39 is 0 Å². The highest BCUT2D eigenvalue weighted by molar-refractivity contribution is 5.72. The third kappa shape index (κ3) is 31.3. The molecule has 0 aliphatic carbocycles. The average molecular weight is 638 g/mol. The SMILES string of the molecule is CCCCCCCCCCC(COC(=O)C(CCCCCCCCC)CCCCCCCCC)OC(=O)CCCCCN(C)C. The van der Waals surface area contributed by atoms with Gasteiger partial charge >= 0.3 is 11.9 Å². The van der Waals surface area contributed by atoms with Crippen molar-refractivity contribution in [1.82, 2.24) is 4.90 Å². The molecule has 0 amide bonds. The zero-order chi connectivity index (χ0) is 33.2. The molecule has 0 aliphatic heterocycles. The Balaban J connectivity index is 4.88. The van der Waals surface area contributed by atoms with Crippen LogP contribution in [0.1, 0.15) is 207 Å². The summed E-state index contributed by atoms with van der Waals surface area (Å²) in [7, 11) is 4.17. The van der Waals surface area contributed by atoms with Gasteiger partial charge in [0.25, 0.3) is 0 Å². The number of esters is 2. The Bertz CT molecular complexity index is 620. The maximum atomic E-state index is 13.4. The fourth-order valence-electron chi connectivity index (χ4n) is 6.17. The van der Waals surface area contributed by atoms with Crippen molar-refractivity contribution in [3.8, 4) is 0 Å². The molecule has 0 aliphatic rings. The standard InChI is InChI=1S/C40H79NO4/c1-6-9-12-15-18-21-24-28-33-38(45-39(42)34-29-25-30-35-41(4)5)36-44-40(43)37(31-26-22-19-16-13-10-7-2)32-27-23-20-17-14-11-8-3/h37-38H,6-36H2,1-5H3. The lowest BCUT2D eigenvalue weighted by atomic mass is 9.94. The van der Waals surface area contributed by atoms with Gasteiger partial charge in [-0.15, -0.1) is 0 Å². The van der Waals surface area contributed by atoms with Gasteiger partial charge in [0.1, 0.15) is 12.7 Å². The minimum Gasteiger partial charge on any atom is -0.462 e. The first-order valence-electron chi connectivity index (χ1n) is 19.9. The van der Waals surface area contributed by atoms with E-state index in [0.29, 0.717) is 6.42 Å². The molecule has 0 bridgehead atoms. The van der Waals surface area contributed by atoms with Crippen molar-refractivity contribution in [1.29, 1.82) is 0 Å².